The van der Waals surface area contributed by atoms with Gasteiger partial charge in [0.05, 0.1) is 21.2 Å². The molecular weight excluding hydrogens is 356 g/mol. The summed E-state index contributed by atoms with van der Waals surface area (Å²) < 4.78 is 26.9. The third kappa shape index (κ3) is 4.24. The van der Waals surface area contributed by atoms with Crippen molar-refractivity contribution in [3.63, 3.8) is 0 Å². The molecule has 0 bridgehead atoms. The van der Waals surface area contributed by atoms with Crippen LogP contribution in [0.5, 0.6) is 0 Å². The van der Waals surface area contributed by atoms with Crippen LogP contribution in [0, 0.1) is 0 Å². The smallest absolute Gasteiger partial charge is 0.337 e. The summed E-state index contributed by atoms with van der Waals surface area (Å²) in [5, 5.41) is 11.4. The molecule has 126 valence electrons. The van der Waals surface area contributed by atoms with Gasteiger partial charge in [-0.2, -0.15) is 0 Å². The van der Waals surface area contributed by atoms with Gasteiger partial charge in [0.25, 0.3) is 10.0 Å². The molecule has 2 aromatic carbocycles. The van der Waals surface area contributed by atoms with Crippen LogP contribution in [0.4, 0.5) is 11.4 Å². The van der Waals surface area contributed by atoms with Gasteiger partial charge in [0.15, 0.2) is 0 Å². The number of aromatic carboxylic acids is 1. The molecule has 0 aromatic heterocycles. The van der Waals surface area contributed by atoms with E-state index in [1.807, 2.05) is 0 Å². The molecule has 24 heavy (non-hydrogen) atoms. The molecule has 0 unspecified atom stereocenters. The monoisotopic (exact) mass is 368 g/mol. The van der Waals surface area contributed by atoms with Gasteiger partial charge in [-0.25, -0.2) is 13.2 Å². The SMILES string of the molecule is CC(=O)Nc1ccc(S(=O)(=O)Nc2ccc(C(=O)O)c(Cl)c2)cc1. The molecule has 3 N–H and O–H groups in total. The van der Waals surface area contributed by atoms with E-state index in [0.717, 1.165) is 0 Å². The molecule has 0 spiro atoms. The highest BCUT2D eigenvalue weighted by Crippen LogP contribution is 2.24. The fourth-order valence-electron chi connectivity index (χ4n) is 1.89. The standard InChI is InChI=1S/C15H13ClN2O5S/c1-9(19)17-10-2-5-12(6-3-10)24(22,23)18-11-4-7-13(15(20)21)14(16)8-11/h2-8,18H,1H3,(H,17,19)(H,20,21). The van der Waals surface area contributed by atoms with Gasteiger partial charge in [0.1, 0.15) is 0 Å². The maximum Gasteiger partial charge on any atom is 0.337 e. The van der Waals surface area contributed by atoms with Gasteiger partial charge >= 0.3 is 5.97 Å². The number of carboxylic acids is 1. The van der Waals surface area contributed by atoms with Gasteiger partial charge < -0.3 is 10.4 Å². The minimum atomic E-state index is -3.88. The van der Waals surface area contributed by atoms with Crippen LogP contribution in [0.25, 0.3) is 0 Å². The zero-order valence-corrected chi connectivity index (χ0v) is 14.0. The second-order valence-electron chi connectivity index (χ2n) is 4.81. The van der Waals surface area contributed by atoms with Crippen molar-refractivity contribution in [1.82, 2.24) is 0 Å². The first-order valence-corrected chi connectivity index (χ1v) is 8.48. The largest absolute Gasteiger partial charge is 0.478 e. The van der Waals surface area contributed by atoms with Crippen LogP contribution < -0.4 is 10.0 Å². The molecule has 0 aliphatic heterocycles. The van der Waals surface area contributed by atoms with Crippen LogP contribution in [-0.4, -0.2) is 25.4 Å². The second kappa shape index (κ2) is 6.90. The zero-order chi connectivity index (χ0) is 17.9. The first kappa shape index (κ1) is 17.8. The average molecular weight is 369 g/mol. The van der Waals surface area contributed by atoms with E-state index < -0.39 is 16.0 Å². The summed E-state index contributed by atoms with van der Waals surface area (Å²) in [7, 11) is -3.88. The third-order valence-corrected chi connectivity index (χ3v) is 4.65. The minimum absolute atomic E-state index is 0.0185. The Bertz CT molecular complexity index is 895. The number of benzene rings is 2. The number of anilines is 2. The van der Waals surface area contributed by atoms with Crippen LogP contribution in [0.3, 0.4) is 0 Å². The lowest BCUT2D eigenvalue weighted by molar-refractivity contribution is -0.114. The van der Waals surface area contributed by atoms with Crippen LogP contribution >= 0.6 is 11.6 Å². The van der Waals surface area contributed by atoms with E-state index in [9.17, 15) is 18.0 Å². The Balaban J connectivity index is 2.23. The van der Waals surface area contributed by atoms with Gasteiger partial charge in [-0.1, -0.05) is 11.6 Å². The van der Waals surface area contributed by atoms with Crippen molar-refractivity contribution in [2.24, 2.45) is 0 Å². The van der Waals surface area contributed by atoms with E-state index in [-0.39, 0.29) is 27.1 Å². The first-order valence-electron chi connectivity index (χ1n) is 6.62. The fourth-order valence-corrected chi connectivity index (χ4v) is 3.20. The van der Waals surface area contributed by atoms with Gasteiger partial charge in [-0.15, -0.1) is 0 Å². The van der Waals surface area contributed by atoms with Crippen molar-refractivity contribution in [1.29, 1.82) is 0 Å². The summed E-state index contributed by atoms with van der Waals surface area (Å²) in [5.41, 5.74) is 0.477. The Labute approximate surface area is 143 Å². The maximum atomic E-state index is 12.3. The number of hydrogen-bond acceptors (Lipinski definition) is 4. The molecule has 0 fully saturated rings. The number of hydrogen-bond donors (Lipinski definition) is 3. The molecule has 0 heterocycles. The molecule has 0 aliphatic carbocycles. The van der Waals surface area contributed by atoms with Crippen molar-refractivity contribution in [3.05, 3.63) is 53.1 Å². The fraction of sp³-hybridized carbons (Fsp3) is 0.0667. The van der Waals surface area contributed by atoms with Crippen LogP contribution in [-0.2, 0) is 14.8 Å². The molecule has 2 aromatic rings. The van der Waals surface area contributed by atoms with E-state index >= 15 is 0 Å². The molecule has 0 aliphatic rings. The number of rotatable bonds is 5. The van der Waals surface area contributed by atoms with E-state index in [4.69, 9.17) is 16.7 Å². The molecule has 7 nitrogen and oxygen atoms in total. The van der Waals surface area contributed by atoms with Crippen molar-refractivity contribution in [3.8, 4) is 0 Å². The van der Waals surface area contributed by atoms with Crippen molar-refractivity contribution in [2.75, 3.05) is 10.0 Å². The van der Waals surface area contributed by atoms with Crippen LogP contribution in [0.1, 0.15) is 17.3 Å². The Morgan fingerprint density at radius 2 is 1.62 bits per heavy atom. The minimum Gasteiger partial charge on any atom is -0.478 e. The molecule has 0 radical (unpaired) electrons. The average Bonchev–Trinajstić information content (AvgIpc) is 2.46. The van der Waals surface area contributed by atoms with Crippen molar-refractivity contribution >= 4 is 44.9 Å². The predicted octanol–water partition coefficient (Wildman–Crippen LogP) is 2.80. The molecular formula is C15H13ClN2O5S. The predicted molar refractivity (Wildman–Crippen MR) is 90.0 cm³/mol. The number of sulfonamides is 1. The van der Waals surface area contributed by atoms with Gasteiger partial charge in [-0.3, -0.25) is 9.52 Å². The molecule has 2 rings (SSSR count). The quantitative estimate of drug-likeness (QED) is 0.751. The first-order chi connectivity index (χ1) is 11.2. The van der Waals surface area contributed by atoms with Crippen LogP contribution in [0.2, 0.25) is 5.02 Å². The Morgan fingerprint density at radius 3 is 2.12 bits per heavy atom. The third-order valence-electron chi connectivity index (χ3n) is 2.94. The Kier molecular flexibility index (Phi) is 5.10. The summed E-state index contributed by atoms with van der Waals surface area (Å²) in [4.78, 5) is 21.8. The second-order valence-corrected chi connectivity index (χ2v) is 6.90. The summed E-state index contributed by atoms with van der Waals surface area (Å²) in [6.07, 6.45) is 0. The van der Waals surface area contributed by atoms with Crippen molar-refractivity contribution in [2.45, 2.75) is 11.8 Å². The number of carbonyl (C=O) groups is 2. The highest BCUT2D eigenvalue weighted by molar-refractivity contribution is 7.92. The number of carboxylic acid groups (broad SMARTS) is 1. The number of halogens is 1. The van der Waals surface area contributed by atoms with Gasteiger partial charge in [0.2, 0.25) is 5.91 Å². The number of amides is 1. The lowest BCUT2D eigenvalue weighted by atomic mass is 10.2. The van der Waals surface area contributed by atoms with Gasteiger partial charge in [-0.05, 0) is 42.5 Å². The molecule has 0 atom stereocenters. The van der Waals surface area contributed by atoms with Crippen LogP contribution in [0.15, 0.2) is 47.4 Å². The number of nitrogens with one attached hydrogen (secondary N) is 2. The normalized spacial score (nSPS) is 10.9. The lowest BCUT2D eigenvalue weighted by Crippen LogP contribution is -2.13. The highest BCUT2D eigenvalue weighted by atomic mass is 35.5. The molecule has 9 heteroatoms. The highest BCUT2D eigenvalue weighted by Gasteiger charge is 2.16. The number of carbonyl (C=O) groups excluding carboxylic acids is 1. The topological polar surface area (TPSA) is 113 Å². The van der Waals surface area contributed by atoms with E-state index in [2.05, 4.69) is 10.0 Å². The zero-order valence-electron chi connectivity index (χ0n) is 12.4. The van der Waals surface area contributed by atoms with E-state index in [1.165, 1.54) is 49.4 Å². The molecule has 0 saturated carbocycles. The summed E-state index contributed by atoms with van der Waals surface area (Å²) in [5.74, 6) is -1.47. The maximum absolute atomic E-state index is 12.3. The van der Waals surface area contributed by atoms with E-state index in [1.54, 1.807) is 0 Å². The summed E-state index contributed by atoms with van der Waals surface area (Å²) >= 11 is 5.81. The van der Waals surface area contributed by atoms with E-state index in [0.29, 0.717) is 5.69 Å². The summed E-state index contributed by atoms with van der Waals surface area (Å²) in [6, 6.07) is 9.31. The molecule has 1 amide bonds. The Hall–Kier alpha value is -2.58. The van der Waals surface area contributed by atoms with Crippen molar-refractivity contribution < 1.29 is 23.1 Å². The Morgan fingerprint density at radius 1 is 1.04 bits per heavy atom. The van der Waals surface area contributed by atoms with Gasteiger partial charge in [0, 0.05) is 12.6 Å². The molecule has 0 saturated heterocycles. The lowest BCUT2D eigenvalue weighted by Gasteiger charge is -2.10. The summed E-state index contributed by atoms with van der Waals surface area (Å²) in [6.45, 7) is 1.34.